The Hall–Kier alpha value is -1.02. The Kier molecular flexibility index (Phi) is 2.23. The lowest BCUT2D eigenvalue weighted by atomic mass is 10.2. The zero-order valence-corrected chi connectivity index (χ0v) is 8.03. The van der Waals surface area contributed by atoms with Crippen LogP contribution in [0.5, 0.6) is 0 Å². The average Bonchev–Trinajstić information content (AvgIpc) is 2.52. The predicted molar refractivity (Wildman–Crippen MR) is 56.0 cm³/mol. The molecule has 0 aliphatic carbocycles. The molecule has 1 aromatic carbocycles. The maximum absolute atomic E-state index is 5.86. The van der Waals surface area contributed by atoms with Crippen LogP contribution in [-0.2, 0) is 0 Å². The fourth-order valence-electron chi connectivity index (χ4n) is 1.85. The molecular weight excluding hydrogens is 160 g/mol. The quantitative estimate of drug-likeness (QED) is 0.703. The number of aryl methyl sites for hydroxylation is 1. The smallest absolute Gasteiger partial charge is 0.0369 e. The van der Waals surface area contributed by atoms with Crippen LogP contribution in [0.2, 0.25) is 0 Å². The van der Waals surface area contributed by atoms with E-state index in [-0.39, 0.29) is 0 Å². The molecule has 1 aliphatic rings. The molecule has 2 heteroatoms. The van der Waals surface area contributed by atoms with Gasteiger partial charge >= 0.3 is 0 Å². The van der Waals surface area contributed by atoms with Crippen molar-refractivity contribution in [3.63, 3.8) is 0 Å². The SMILES string of the molecule is Cc1cccc(N2CC[C@H](N)C2)c1. The third-order valence-corrected chi connectivity index (χ3v) is 2.59. The van der Waals surface area contributed by atoms with Gasteiger partial charge in [-0.05, 0) is 31.0 Å². The Morgan fingerprint density at radius 3 is 2.92 bits per heavy atom. The minimum absolute atomic E-state index is 0.362. The summed E-state index contributed by atoms with van der Waals surface area (Å²) < 4.78 is 0. The Balaban J connectivity index is 2.16. The van der Waals surface area contributed by atoms with Crippen LogP contribution >= 0.6 is 0 Å². The largest absolute Gasteiger partial charge is 0.370 e. The molecule has 1 atom stereocenters. The molecule has 0 bridgehead atoms. The highest BCUT2D eigenvalue weighted by Gasteiger charge is 2.18. The first-order valence-corrected chi connectivity index (χ1v) is 4.83. The first-order chi connectivity index (χ1) is 6.25. The second-order valence-corrected chi connectivity index (χ2v) is 3.83. The van der Waals surface area contributed by atoms with Crippen LogP contribution in [0.1, 0.15) is 12.0 Å². The van der Waals surface area contributed by atoms with Crippen molar-refractivity contribution in [2.45, 2.75) is 19.4 Å². The molecule has 1 aliphatic heterocycles. The fraction of sp³-hybridized carbons (Fsp3) is 0.455. The van der Waals surface area contributed by atoms with E-state index < -0.39 is 0 Å². The lowest BCUT2D eigenvalue weighted by Crippen LogP contribution is -2.26. The summed E-state index contributed by atoms with van der Waals surface area (Å²) in [5.41, 5.74) is 8.49. The summed E-state index contributed by atoms with van der Waals surface area (Å²) in [6.45, 7) is 4.23. The van der Waals surface area contributed by atoms with Crippen LogP contribution in [-0.4, -0.2) is 19.1 Å². The number of nitrogens with two attached hydrogens (primary N) is 1. The first-order valence-electron chi connectivity index (χ1n) is 4.83. The van der Waals surface area contributed by atoms with Gasteiger partial charge in [0.25, 0.3) is 0 Å². The van der Waals surface area contributed by atoms with Crippen LogP contribution in [0, 0.1) is 6.92 Å². The van der Waals surface area contributed by atoms with Crippen molar-refractivity contribution in [3.05, 3.63) is 29.8 Å². The van der Waals surface area contributed by atoms with Gasteiger partial charge in [0.2, 0.25) is 0 Å². The molecule has 13 heavy (non-hydrogen) atoms. The van der Waals surface area contributed by atoms with Crippen LogP contribution in [0.3, 0.4) is 0 Å². The zero-order valence-electron chi connectivity index (χ0n) is 8.03. The van der Waals surface area contributed by atoms with Gasteiger partial charge in [-0.25, -0.2) is 0 Å². The third-order valence-electron chi connectivity index (χ3n) is 2.59. The van der Waals surface area contributed by atoms with Gasteiger partial charge in [-0.2, -0.15) is 0 Å². The van der Waals surface area contributed by atoms with Gasteiger partial charge in [0.15, 0.2) is 0 Å². The van der Waals surface area contributed by atoms with E-state index in [4.69, 9.17) is 5.73 Å². The van der Waals surface area contributed by atoms with E-state index in [1.54, 1.807) is 0 Å². The van der Waals surface area contributed by atoms with Gasteiger partial charge in [-0.1, -0.05) is 12.1 Å². The Labute approximate surface area is 79.4 Å². The van der Waals surface area contributed by atoms with Gasteiger partial charge in [0, 0.05) is 24.8 Å². The number of benzene rings is 1. The van der Waals surface area contributed by atoms with Crippen molar-refractivity contribution in [3.8, 4) is 0 Å². The van der Waals surface area contributed by atoms with E-state index in [1.807, 2.05) is 0 Å². The topological polar surface area (TPSA) is 29.3 Å². The molecule has 1 fully saturated rings. The lowest BCUT2D eigenvalue weighted by Gasteiger charge is -2.18. The highest BCUT2D eigenvalue weighted by atomic mass is 15.2. The van der Waals surface area contributed by atoms with Crippen molar-refractivity contribution in [1.82, 2.24) is 0 Å². The number of anilines is 1. The molecule has 0 radical (unpaired) electrons. The molecule has 0 unspecified atom stereocenters. The summed E-state index contributed by atoms with van der Waals surface area (Å²) in [6.07, 6.45) is 1.12. The molecule has 2 N–H and O–H groups in total. The molecule has 2 rings (SSSR count). The van der Waals surface area contributed by atoms with E-state index >= 15 is 0 Å². The lowest BCUT2D eigenvalue weighted by molar-refractivity contribution is 0.752. The molecule has 1 aromatic rings. The molecular formula is C11H16N2. The second kappa shape index (κ2) is 3.38. The summed E-state index contributed by atoms with van der Waals surface area (Å²) in [7, 11) is 0. The molecule has 0 saturated carbocycles. The third kappa shape index (κ3) is 1.83. The van der Waals surface area contributed by atoms with Gasteiger partial charge < -0.3 is 10.6 Å². The highest BCUT2D eigenvalue weighted by Crippen LogP contribution is 2.20. The fourth-order valence-corrected chi connectivity index (χ4v) is 1.85. The molecule has 0 spiro atoms. The monoisotopic (exact) mass is 176 g/mol. The summed E-state index contributed by atoms with van der Waals surface area (Å²) in [5, 5.41) is 0. The summed E-state index contributed by atoms with van der Waals surface area (Å²) >= 11 is 0. The van der Waals surface area contributed by atoms with E-state index in [2.05, 4.69) is 36.1 Å². The molecule has 70 valence electrons. The minimum Gasteiger partial charge on any atom is -0.370 e. The van der Waals surface area contributed by atoms with Gasteiger partial charge in [0.05, 0.1) is 0 Å². The van der Waals surface area contributed by atoms with E-state index in [9.17, 15) is 0 Å². The van der Waals surface area contributed by atoms with E-state index in [0.717, 1.165) is 19.5 Å². The normalized spacial score (nSPS) is 22.3. The highest BCUT2D eigenvalue weighted by molar-refractivity contribution is 5.49. The number of rotatable bonds is 1. The van der Waals surface area contributed by atoms with Crippen molar-refractivity contribution >= 4 is 5.69 Å². The zero-order chi connectivity index (χ0) is 9.26. The molecule has 0 amide bonds. The number of nitrogens with zero attached hydrogens (tertiary/aromatic N) is 1. The minimum atomic E-state index is 0.362. The summed E-state index contributed by atoms with van der Waals surface area (Å²) in [5.74, 6) is 0. The Morgan fingerprint density at radius 1 is 1.46 bits per heavy atom. The van der Waals surface area contributed by atoms with Crippen molar-refractivity contribution in [1.29, 1.82) is 0 Å². The predicted octanol–water partition coefficient (Wildman–Crippen LogP) is 1.53. The van der Waals surface area contributed by atoms with Crippen molar-refractivity contribution in [2.75, 3.05) is 18.0 Å². The van der Waals surface area contributed by atoms with Gasteiger partial charge in [-0.3, -0.25) is 0 Å². The maximum atomic E-state index is 5.86. The molecule has 2 nitrogen and oxygen atoms in total. The molecule has 1 saturated heterocycles. The van der Waals surface area contributed by atoms with Gasteiger partial charge in [-0.15, -0.1) is 0 Å². The van der Waals surface area contributed by atoms with Crippen LogP contribution in [0.15, 0.2) is 24.3 Å². The Morgan fingerprint density at radius 2 is 2.31 bits per heavy atom. The first kappa shape index (κ1) is 8.57. The summed E-state index contributed by atoms with van der Waals surface area (Å²) in [6, 6.07) is 8.97. The molecule has 0 aromatic heterocycles. The number of hydrogen-bond donors (Lipinski definition) is 1. The average molecular weight is 176 g/mol. The summed E-state index contributed by atoms with van der Waals surface area (Å²) in [4.78, 5) is 2.36. The standard InChI is InChI=1S/C11H16N2/c1-9-3-2-4-11(7-9)13-6-5-10(12)8-13/h2-4,7,10H,5-6,8,12H2,1H3/t10-/m0/s1. The van der Waals surface area contributed by atoms with Crippen LogP contribution in [0.25, 0.3) is 0 Å². The molecule has 1 heterocycles. The van der Waals surface area contributed by atoms with Crippen molar-refractivity contribution in [2.24, 2.45) is 5.73 Å². The van der Waals surface area contributed by atoms with Crippen LogP contribution < -0.4 is 10.6 Å². The van der Waals surface area contributed by atoms with Gasteiger partial charge in [0.1, 0.15) is 0 Å². The van der Waals surface area contributed by atoms with E-state index in [0.29, 0.717) is 6.04 Å². The van der Waals surface area contributed by atoms with E-state index in [1.165, 1.54) is 11.3 Å². The maximum Gasteiger partial charge on any atom is 0.0369 e. The number of hydrogen-bond acceptors (Lipinski definition) is 2. The van der Waals surface area contributed by atoms with Crippen LogP contribution in [0.4, 0.5) is 5.69 Å². The van der Waals surface area contributed by atoms with Crippen molar-refractivity contribution < 1.29 is 0 Å². The Bertz CT molecular complexity index is 296. The second-order valence-electron chi connectivity index (χ2n) is 3.83.